The molecule has 2 aliphatic heterocycles. The second kappa shape index (κ2) is 6.43. The van der Waals surface area contributed by atoms with Gasteiger partial charge in [-0.3, -0.25) is 4.79 Å². The fourth-order valence-electron chi connectivity index (χ4n) is 3.19. The van der Waals surface area contributed by atoms with Crippen LogP contribution >= 0.6 is 0 Å². The van der Waals surface area contributed by atoms with E-state index in [0.717, 1.165) is 38.9 Å². The topological polar surface area (TPSA) is 64.1 Å². The first-order chi connectivity index (χ1) is 9.47. The molecule has 0 spiro atoms. The summed E-state index contributed by atoms with van der Waals surface area (Å²) >= 11 is 0. The van der Waals surface area contributed by atoms with Gasteiger partial charge >= 0.3 is 12.0 Å². The van der Waals surface area contributed by atoms with E-state index in [4.69, 9.17) is 5.11 Å². The van der Waals surface area contributed by atoms with Crippen molar-refractivity contribution in [2.24, 2.45) is 5.92 Å². The zero-order valence-corrected chi connectivity index (χ0v) is 12.4. The average Bonchev–Trinajstić information content (AvgIpc) is 2.87. The molecule has 0 radical (unpaired) electrons. The molecule has 0 aliphatic carbocycles. The summed E-state index contributed by atoms with van der Waals surface area (Å²) in [4.78, 5) is 29.2. The van der Waals surface area contributed by atoms with Crippen molar-refractivity contribution in [3.05, 3.63) is 0 Å². The largest absolute Gasteiger partial charge is 0.481 e. The Morgan fingerprint density at radius 3 is 2.45 bits per heavy atom. The number of carbonyl (C=O) groups is 2. The lowest BCUT2D eigenvalue weighted by Gasteiger charge is -2.35. The van der Waals surface area contributed by atoms with Crippen LogP contribution in [0.2, 0.25) is 0 Å². The van der Waals surface area contributed by atoms with E-state index in [9.17, 15) is 9.59 Å². The van der Waals surface area contributed by atoms with Crippen molar-refractivity contribution in [3.8, 4) is 0 Å². The van der Waals surface area contributed by atoms with Crippen LogP contribution in [0.5, 0.6) is 0 Å². The summed E-state index contributed by atoms with van der Waals surface area (Å²) in [5.74, 6) is -0.657. The monoisotopic (exact) mass is 283 g/mol. The van der Waals surface area contributed by atoms with E-state index < -0.39 is 5.97 Å². The quantitative estimate of drug-likeness (QED) is 0.837. The van der Waals surface area contributed by atoms with E-state index in [-0.39, 0.29) is 18.4 Å². The molecule has 0 aromatic heterocycles. The molecule has 0 aromatic carbocycles. The van der Waals surface area contributed by atoms with Gasteiger partial charge < -0.3 is 19.8 Å². The van der Waals surface area contributed by atoms with E-state index in [1.165, 1.54) is 0 Å². The predicted molar refractivity (Wildman–Crippen MR) is 75.6 cm³/mol. The molecule has 0 aromatic rings. The molecule has 0 saturated carbocycles. The Hall–Kier alpha value is -1.30. The maximum absolute atomic E-state index is 12.5. The van der Waals surface area contributed by atoms with Crippen molar-refractivity contribution in [3.63, 3.8) is 0 Å². The standard InChI is InChI=1S/C14H25N3O3/c1-15(2)12-5-7-17(10-12)14(20)16-6-3-4-11(9-16)8-13(18)19/h11-12H,3-10H2,1-2H3,(H,18,19). The van der Waals surface area contributed by atoms with Crippen molar-refractivity contribution < 1.29 is 14.7 Å². The number of likely N-dealkylation sites (N-methyl/N-ethyl adjacent to an activating group) is 1. The van der Waals surface area contributed by atoms with Crippen LogP contribution < -0.4 is 0 Å². The summed E-state index contributed by atoms with van der Waals surface area (Å²) < 4.78 is 0. The van der Waals surface area contributed by atoms with Crippen molar-refractivity contribution in [2.75, 3.05) is 40.3 Å². The first-order valence-electron chi connectivity index (χ1n) is 7.39. The van der Waals surface area contributed by atoms with Crippen LogP contribution in [0.25, 0.3) is 0 Å². The molecule has 2 amide bonds. The molecule has 2 rings (SSSR count). The SMILES string of the molecule is CN(C)C1CCN(C(=O)N2CCCC(CC(=O)O)C2)C1. The molecule has 114 valence electrons. The highest BCUT2D eigenvalue weighted by atomic mass is 16.4. The number of urea groups is 1. The summed E-state index contributed by atoms with van der Waals surface area (Å²) in [6, 6.07) is 0.531. The molecule has 2 saturated heterocycles. The normalized spacial score (nSPS) is 27.1. The molecular weight excluding hydrogens is 258 g/mol. The highest BCUT2D eigenvalue weighted by molar-refractivity contribution is 5.75. The molecule has 2 aliphatic rings. The smallest absolute Gasteiger partial charge is 0.320 e. The number of amides is 2. The number of carbonyl (C=O) groups excluding carboxylic acids is 1. The van der Waals surface area contributed by atoms with Gasteiger partial charge in [-0.2, -0.15) is 0 Å². The maximum Gasteiger partial charge on any atom is 0.320 e. The summed E-state index contributed by atoms with van der Waals surface area (Å²) in [6.45, 7) is 2.94. The lowest BCUT2D eigenvalue weighted by molar-refractivity contribution is -0.138. The van der Waals surface area contributed by atoms with Gasteiger partial charge in [0.15, 0.2) is 0 Å². The lowest BCUT2D eigenvalue weighted by Crippen LogP contribution is -2.47. The molecule has 0 bridgehead atoms. The zero-order chi connectivity index (χ0) is 14.7. The van der Waals surface area contributed by atoms with E-state index in [1.807, 2.05) is 23.9 Å². The van der Waals surface area contributed by atoms with E-state index >= 15 is 0 Å². The minimum atomic E-state index is -0.766. The first kappa shape index (κ1) is 15.1. The number of rotatable bonds is 3. The Labute approximate surface area is 120 Å². The minimum absolute atomic E-state index is 0.0874. The number of hydrogen-bond donors (Lipinski definition) is 1. The second-order valence-corrected chi connectivity index (χ2v) is 6.19. The van der Waals surface area contributed by atoms with Gasteiger partial charge in [0.1, 0.15) is 0 Å². The summed E-state index contributed by atoms with van der Waals surface area (Å²) in [5.41, 5.74) is 0. The van der Waals surface area contributed by atoms with Gasteiger partial charge in [-0.05, 0) is 39.3 Å². The predicted octanol–water partition coefficient (Wildman–Crippen LogP) is 0.929. The molecule has 1 N–H and O–H groups in total. The summed E-state index contributed by atoms with van der Waals surface area (Å²) in [5, 5.41) is 8.88. The van der Waals surface area contributed by atoms with E-state index in [2.05, 4.69) is 4.90 Å². The van der Waals surface area contributed by atoms with Gasteiger partial charge in [-0.1, -0.05) is 0 Å². The van der Waals surface area contributed by atoms with Gasteiger partial charge in [0, 0.05) is 38.6 Å². The van der Waals surface area contributed by atoms with Crippen LogP contribution in [-0.4, -0.2) is 78.1 Å². The highest BCUT2D eigenvalue weighted by Crippen LogP contribution is 2.22. The third kappa shape index (κ3) is 3.62. The van der Waals surface area contributed by atoms with E-state index in [0.29, 0.717) is 12.6 Å². The van der Waals surface area contributed by atoms with Crippen LogP contribution in [0, 0.1) is 5.92 Å². The van der Waals surface area contributed by atoms with Gasteiger partial charge in [-0.25, -0.2) is 4.79 Å². The Morgan fingerprint density at radius 2 is 1.85 bits per heavy atom. The maximum atomic E-state index is 12.5. The van der Waals surface area contributed by atoms with Crippen molar-refractivity contribution in [1.29, 1.82) is 0 Å². The number of hydrogen-bond acceptors (Lipinski definition) is 3. The van der Waals surface area contributed by atoms with Gasteiger partial charge in [-0.15, -0.1) is 0 Å². The van der Waals surface area contributed by atoms with Gasteiger partial charge in [0.2, 0.25) is 0 Å². The lowest BCUT2D eigenvalue weighted by atomic mass is 9.95. The highest BCUT2D eigenvalue weighted by Gasteiger charge is 2.32. The number of aliphatic carboxylic acids is 1. The zero-order valence-electron chi connectivity index (χ0n) is 12.4. The van der Waals surface area contributed by atoms with Crippen molar-refractivity contribution in [1.82, 2.24) is 14.7 Å². The minimum Gasteiger partial charge on any atom is -0.481 e. The number of likely N-dealkylation sites (tertiary alicyclic amines) is 2. The molecule has 6 heteroatoms. The molecule has 2 unspecified atom stereocenters. The fourth-order valence-corrected chi connectivity index (χ4v) is 3.19. The fraction of sp³-hybridized carbons (Fsp3) is 0.857. The third-order valence-electron chi connectivity index (χ3n) is 4.42. The van der Waals surface area contributed by atoms with Gasteiger partial charge in [0.25, 0.3) is 0 Å². The van der Waals surface area contributed by atoms with Crippen LogP contribution in [0.15, 0.2) is 0 Å². The van der Waals surface area contributed by atoms with Crippen LogP contribution in [0.3, 0.4) is 0 Å². The summed E-state index contributed by atoms with van der Waals surface area (Å²) in [7, 11) is 4.09. The number of carboxylic acid groups (broad SMARTS) is 1. The number of nitrogens with zero attached hydrogens (tertiary/aromatic N) is 3. The molecular formula is C14H25N3O3. The molecule has 6 nitrogen and oxygen atoms in total. The summed E-state index contributed by atoms with van der Waals surface area (Å²) in [6.07, 6.45) is 3.01. The molecule has 2 heterocycles. The Balaban J connectivity index is 1.87. The average molecular weight is 283 g/mol. The van der Waals surface area contributed by atoms with Crippen LogP contribution in [0.4, 0.5) is 4.79 Å². The van der Waals surface area contributed by atoms with Crippen LogP contribution in [-0.2, 0) is 4.79 Å². The van der Waals surface area contributed by atoms with Gasteiger partial charge in [0.05, 0.1) is 0 Å². The number of piperidine rings is 1. The number of carboxylic acids is 1. The van der Waals surface area contributed by atoms with Crippen molar-refractivity contribution in [2.45, 2.75) is 31.7 Å². The molecule has 20 heavy (non-hydrogen) atoms. The van der Waals surface area contributed by atoms with Crippen molar-refractivity contribution >= 4 is 12.0 Å². The Kier molecular flexibility index (Phi) is 4.86. The second-order valence-electron chi connectivity index (χ2n) is 6.19. The Bertz CT molecular complexity index is 373. The molecule has 2 atom stereocenters. The van der Waals surface area contributed by atoms with E-state index in [1.54, 1.807) is 0 Å². The molecule has 2 fully saturated rings. The first-order valence-corrected chi connectivity index (χ1v) is 7.39. The Morgan fingerprint density at radius 1 is 1.15 bits per heavy atom. The third-order valence-corrected chi connectivity index (χ3v) is 4.42. The van der Waals surface area contributed by atoms with Crippen LogP contribution in [0.1, 0.15) is 25.7 Å².